The fraction of sp³-hybridized carbons (Fsp3) is 0.867. The number of Topliss-reactive ketones (excluding diaryl/α,β-unsaturated/α-hetero) is 1. The van der Waals surface area contributed by atoms with Gasteiger partial charge in [-0.2, -0.15) is 0 Å². The van der Waals surface area contributed by atoms with Crippen LogP contribution in [-0.4, -0.2) is 18.2 Å². The van der Waals surface area contributed by atoms with E-state index in [-0.39, 0.29) is 24.2 Å². The molecule has 0 aromatic carbocycles. The zero-order valence-corrected chi connectivity index (χ0v) is 12.3. The third-order valence-electron chi connectivity index (χ3n) is 3.11. The molecule has 3 nitrogen and oxygen atoms in total. The van der Waals surface area contributed by atoms with Crippen LogP contribution in [0.3, 0.4) is 0 Å². The number of ketones is 1. The molecule has 0 saturated carbocycles. The van der Waals surface area contributed by atoms with Gasteiger partial charge in [0.05, 0.1) is 6.54 Å². The predicted octanol–water partition coefficient (Wildman–Crippen LogP) is 3.47. The number of carbonyl (C=O) groups excluding carboxylic acids is 2. The van der Waals surface area contributed by atoms with Crippen molar-refractivity contribution in [2.45, 2.75) is 72.1 Å². The molecule has 0 atom stereocenters. The topological polar surface area (TPSA) is 46.2 Å². The van der Waals surface area contributed by atoms with E-state index in [9.17, 15) is 9.59 Å². The lowest BCUT2D eigenvalue weighted by molar-refractivity contribution is -0.126. The van der Waals surface area contributed by atoms with Crippen molar-refractivity contribution in [3.05, 3.63) is 0 Å². The van der Waals surface area contributed by atoms with Crippen molar-refractivity contribution in [1.82, 2.24) is 5.32 Å². The average Bonchev–Trinajstić information content (AvgIpc) is 2.34. The summed E-state index contributed by atoms with van der Waals surface area (Å²) in [6.07, 6.45) is 9.01. The summed E-state index contributed by atoms with van der Waals surface area (Å²) in [5.41, 5.74) is 0. The second-order valence-electron chi connectivity index (χ2n) is 5.27. The highest BCUT2D eigenvalue weighted by Gasteiger charge is 2.08. The Hall–Kier alpha value is -0.860. The number of carbonyl (C=O) groups is 2. The summed E-state index contributed by atoms with van der Waals surface area (Å²) in [5, 5.41) is 2.69. The summed E-state index contributed by atoms with van der Waals surface area (Å²) in [7, 11) is 0. The SMILES string of the molecule is CCCCCCCCCC(=O)NCC(=O)C(C)C. The van der Waals surface area contributed by atoms with Gasteiger partial charge in [-0.3, -0.25) is 9.59 Å². The molecule has 0 aliphatic heterocycles. The van der Waals surface area contributed by atoms with E-state index in [1.807, 2.05) is 13.8 Å². The van der Waals surface area contributed by atoms with E-state index in [4.69, 9.17) is 0 Å². The molecule has 1 N–H and O–H groups in total. The zero-order valence-electron chi connectivity index (χ0n) is 12.3. The van der Waals surface area contributed by atoms with Gasteiger partial charge >= 0.3 is 0 Å². The van der Waals surface area contributed by atoms with E-state index < -0.39 is 0 Å². The summed E-state index contributed by atoms with van der Waals surface area (Å²) in [6, 6.07) is 0. The Morgan fingerprint density at radius 1 is 0.944 bits per heavy atom. The minimum atomic E-state index is 0.00358. The standard InChI is InChI=1S/C15H29NO2/c1-4-5-6-7-8-9-10-11-15(18)16-12-14(17)13(2)3/h13H,4-12H2,1-3H3,(H,16,18). The van der Waals surface area contributed by atoms with E-state index in [1.54, 1.807) is 0 Å². The fourth-order valence-corrected chi connectivity index (χ4v) is 1.72. The van der Waals surface area contributed by atoms with Crippen molar-refractivity contribution < 1.29 is 9.59 Å². The van der Waals surface area contributed by atoms with Crippen molar-refractivity contribution in [2.75, 3.05) is 6.54 Å². The first-order valence-electron chi connectivity index (χ1n) is 7.37. The lowest BCUT2D eigenvalue weighted by Gasteiger charge is -2.06. The van der Waals surface area contributed by atoms with E-state index in [1.165, 1.54) is 32.1 Å². The van der Waals surface area contributed by atoms with Crippen LogP contribution in [0.4, 0.5) is 0 Å². The van der Waals surface area contributed by atoms with Crippen LogP contribution in [0.1, 0.15) is 72.1 Å². The Balaban J connectivity index is 3.35. The highest BCUT2D eigenvalue weighted by molar-refractivity contribution is 5.87. The van der Waals surface area contributed by atoms with Crippen molar-refractivity contribution in [3.8, 4) is 0 Å². The van der Waals surface area contributed by atoms with Gasteiger partial charge in [0, 0.05) is 12.3 Å². The molecule has 0 fully saturated rings. The Labute approximate surface area is 112 Å². The highest BCUT2D eigenvalue weighted by Crippen LogP contribution is 2.08. The zero-order chi connectivity index (χ0) is 13.8. The van der Waals surface area contributed by atoms with Gasteiger partial charge in [0.15, 0.2) is 5.78 Å². The molecule has 0 aromatic heterocycles. The summed E-state index contributed by atoms with van der Waals surface area (Å²) in [5.74, 6) is 0.115. The number of unbranched alkanes of at least 4 members (excludes halogenated alkanes) is 6. The van der Waals surface area contributed by atoms with Gasteiger partial charge in [-0.05, 0) is 6.42 Å². The van der Waals surface area contributed by atoms with Crippen molar-refractivity contribution in [3.63, 3.8) is 0 Å². The molecule has 0 saturated heterocycles. The number of hydrogen-bond acceptors (Lipinski definition) is 2. The van der Waals surface area contributed by atoms with Crippen LogP contribution in [0.25, 0.3) is 0 Å². The molecule has 0 heterocycles. The second-order valence-corrected chi connectivity index (χ2v) is 5.27. The molecule has 0 aliphatic rings. The Morgan fingerprint density at radius 3 is 2.06 bits per heavy atom. The number of nitrogens with one attached hydrogen (secondary N) is 1. The predicted molar refractivity (Wildman–Crippen MR) is 75.5 cm³/mol. The van der Waals surface area contributed by atoms with Gasteiger partial charge in [-0.15, -0.1) is 0 Å². The van der Waals surface area contributed by atoms with E-state index in [2.05, 4.69) is 12.2 Å². The monoisotopic (exact) mass is 255 g/mol. The first kappa shape index (κ1) is 17.1. The summed E-state index contributed by atoms with van der Waals surface area (Å²) in [6.45, 7) is 6.10. The first-order chi connectivity index (χ1) is 8.57. The smallest absolute Gasteiger partial charge is 0.220 e. The van der Waals surface area contributed by atoms with E-state index >= 15 is 0 Å². The lowest BCUT2D eigenvalue weighted by Crippen LogP contribution is -2.31. The Kier molecular flexibility index (Phi) is 10.7. The average molecular weight is 255 g/mol. The molecule has 3 heteroatoms. The molecule has 18 heavy (non-hydrogen) atoms. The number of rotatable bonds is 11. The van der Waals surface area contributed by atoms with Crippen LogP contribution in [-0.2, 0) is 9.59 Å². The van der Waals surface area contributed by atoms with Crippen LogP contribution in [0, 0.1) is 5.92 Å². The van der Waals surface area contributed by atoms with Crippen molar-refractivity contribution in [1.29, 1.82) is 0 Å². The van der Waals surface area contributed by atoms with Gasteiger partial charge in [0.25, 0.3) is 0 Å². The van der Waals surface area contributed by atoms with Crippen LogP contribution in [0.15, 0.2) is 0 Å². The van der Waals surface area contributed by atoms with Gasteiger partial charge in [-0.1, -0.05) is 59.3 Å². The number of amides is 1. The molecule has 106 valence electrons. The number of hydrogen-bond donors (Lipinski definition) is 1. The van der Waals surface area contributed by atoms with Crippen LogP contribution >= 0.6 is 0 Å². The summed E-state index contributed by atoms with van der Waals surface area (Å²) >= 11 is 0. The van der Waals surface area contributed by atoms with E-state index in [0.29, 0.717) is 6.42 Å². The summed E-state index contributed by atoms with van der Waals surface area (Å²) in [4.78, 5) is 22.8. The minimum absolute atomic E-state index is 0.00358. The molecular weight excluding hydrogens is 226 g/mol. The minimum Gasteiger partial charge on any atom is -0.349 e. The molecule has 0 radical (unpaired) electrons. The Morgan fingerprint density at radius 2 is 1.50 bits per heavy atom. The van der Waals surface area contributed by atoms with Gasteiger partial charge in [0.1, 0.15) is 0 Å². The van der Waals surface area contributed by atoms with E-state index in [0.717, 1.165) is 12.8 Å². The quantitative estimate of drug-likeness (QED) is 0.575. The molecule has 0 spiro atoms. The van der Waals surface area contributed by atoms with Crippen LogP contribution < -0.4 is 5.32 Å². The van der Waals surface area contributed by atoms with Gasteiger partial charge in [0.2, 0.25) is 5.91 Å². The summed E-state index contributed by atoms with van der Waals surface area (Å²) < 4.78 is 0. The fourth-order valence-electron chi connectivity index (χ4n) is 1.72. The second kappa shape index (κ2) is 11.2. The molecule has 0 rings (SSSR count). The molecule has 0 unspecified atom stereocenters. The Bertz CT molecular complexity index is 237. The van der Waals surface area contributed by atoms with Crippen molar-refractivity contribution >= 4 is 11.7 Å². The van der Waals surface area contributed by atoms with Crippen molar-refractivity contribution in [2.24, 2.45) is 5.92 Å². The first-order valence-corrected chi connectivity index (χ1v) is 7.37. The third kappa shape index (κ3) is 10.3. The normalized spacial score (nSPS) is 10.7. The largest absolute Gasteiger partial charge is 0.349 e. The third-order valence-corrected chi connectivity index (χ3v) is 3.11. The maximum Gasteiger partial charge on any atom is 0.220 e. The molecule has 0 aromatic rings. The maximum absolute atomic E-state index is 11.4. The molecule has 0 bridgehead atoms. The molecular formula is C15H29NO2. The van der Waals surface area contributed by atoms with Gasteiger partial charge < -0.3 is 5.32 Å². The van der Waals surface area contributed by atoms with Crippen LogP contribution in [0.5, 0.6) is 0 Å². The maximum atomic E-state index is 11.4. The highest BCUT2D eigenvalue weighted by atomic mass is 16.2. The van der Waals surface area contributed by atoms with Gasteiger partial charge in [-0.25, -0.2) is 0 Å². The molecule has 1 amide bonds. The van der Waals surface area contributed by atoms with Crippen LogP contribution in [0.2, 0.25) is 0 Å². The lowest BCUT2D eigenvalue weighted by atomic mass is 10.1. The molecule has 0 aliphatic carbocycles.